The fraction of sp³-hybridized carbons (Fsp3) is 0.400. The molecule has 7 nitrogen and oxygen atoms in total. The highest BCUT2D eigenvalue weighted by atomic mass is 35.5. The second-order valence-electron chi connectivity index (χ2n) is 6.09. The van der Waals surface area contributed by atoms with Crippen LogP contribution in [0.2, 0.25) is 5.02 Å². The highest BCUT2D eigenvalue weighted by Crippen LogP contribution is 2.24. The third kappa shape index (κ3) is 3.79. The largest absolute Gasteiger partial charge is 0.265 e. The molecule has 2 unspecified atom stereocenters. The zero-order chi connectivity index (χ0) is 18.2. The topological polar surface area (TPSA) is 88.0 Å². The molecule has 0 aliphatic carbocycles. The second kappa shape index (κ2) is 6.91. The van der Waals surface area contributed by atoms with Gasteiger partial charge in [0.05, 0.1) is 6.54 Å². The Morgan fingerprint density at radius 2 is 1.92 bits per heavy atom. The molecule has 1 fully saturated rings. The Kier molecular flexibility index (Phi) is 5.01. The van der Waals surface area contributed by atoms with E-state index < -0.39 is 15.3 Å². The Balaban J connectivity index is 1.80. The van der Waals surface area contributed by atoms with Crippen molar-refractivity contribution in [3.05, 3.63) is 46.9 Å². The van der Waals surface area contributed by atoms with Crippen molar-refractivity contribution in [1.82, 2.24) is 20.6 Å². The van der Waals surface area contributed by atoms with Crippen LogP contribution in [0.1, 0.15) is 19.4 Å². The maximum atomic E-state index is 13.7. The smallest absolute Gasteiger partial charge is 0.240 e. The minimum Gasteiger partial charge on any atom is -0.265 e. The molecule has 0 radical (unpaired) electrons. The Morgan fingerprint density at radius 3 is 2.56 bits per heavy atom. The van der Waals surface area contributed by atoms with Crippen LogP contribution in [-0.4, -0.2) is 35.5 Å². The van der Waals surface area contributed by atoms with Crippen LogP contribution >= 0.6 is 11.6 Å². The van der Waals surface area contributed by atoms with Gasteiger partial charge in [-0.25, -0.2) is 12.8 Å². The number of sulfonamides is 1. The molecule has 0 bridgehead atoms. The summed E-state index contributed by atoms with van der Waals surface area (Å²) in [5.41, 5.74) is 6.23. The van der Waals surface area contributed by atoms with Gasteiger partial charge in [-0.15, -0.1) is 0 Å². The van der Waals surface area contributed by atoms with E-state index in [1.54, 1.807) is 32.0 Å². The van der Waals surface area contributed by atoms with E-state index in [1.807, 2.05) is 0 Å². The van der Waals surface area contributed by atoms with Crippen molar-refractivity contribution < 1.29 is 12.8 Å². The number of anilines is 1. The van der Waals surface area contributed by atoms with Crippen molar-refractivity contribution >= 4 is 27.4 Å². The minimum absolute atomic E-state index is 0.0318. The zero-order valence-corrected chi connectivity index (χ0v) is 15.3. The number of hydrogen-bond acceptors (Lipinski definition) is 5. The third-order valence-electron chi connectivity index (χ3n) is 4.13. The molecule has 1 aromatic carbocycles. The fourth-order valence-corrected chi connectivity index (χ4v) is 4.97. The fourth-order valence-electron chi connectivity index (χ4n) is 2.95. The van der Waals surface area contributed by atoms with Crippen LogP contribution in [0.15, 0.2) is 30.5 Å². The first-order valence-electron chi connectivity index (χ1n) is 7.77. The lowest BCUT2D eigenvalue weighted by molar-refractivity contribution is 0.563. The molecule has 3 rings (SSSR count). The average molecular weight is 388 g/mol. The van der Waals surface area contributed by atoms with Crippen molar-refractivity contribution in [3.8, 4) is 0 Å². The number of nitrogens with one attached hydrogen (secondary N) is 3. The van der Waals surface area contributed by atoms with E-state index >= 15 is 0 Å². The monoisotopic (exact) mass is 387 g/mol. The molecule has 1 saturated heterocycles. The van der Waals surface area contributed by atoms with Crippen LogP contribution < -0.4 is 15.6 Å². The Hall–Kier alpha value is -1.68. The summed E-state index contributed by atoms with van der Waals surface area (Å²) in [5.74, 6) is -0.327. The van der Waals surface area contributed by atoms with Crippen molar-refractivity contribution in [1.29, 1.82) is 0 Å². The van der Waals surface area contributed by atoms with Crippen LogP contribution in [0.25, 0.3) is 0 Å². The van der Waals surface area contributed by atoms with Crippen LogP contribution in [0, 0.1) is 5.82 Å². The average Bonchev–Trinajstić information content (AvgIpc) is 3.04. The number of benzene rings is 1. The van der Waals surface area contributed by atoms with Gasteiger partial charge in [0.2, 0.25) is 10.0 Å². The van der Waals surface area contributed by atoms with Crippen molar-refractivity contribution in [2.24, 2.45) is 0 Å². The van der Waals surface area contributed by atoms with Gasteiger partial charge in [0, 0.05) is 23.8 Å². The normalized spacial score (nSPS) is 23.8. The Morgan fingerprint density at radius 1 is 1.28 bits per heavy atom. The molecule has 25 heavy (non-hydrogen) atoms. The van der Waals surface area contributed by atoms with E-state index in [4.69, 9.17) is 11.6 Å². The molecule has 0 amide bonds. The van der Waals surface area contributed by atoms with E-state index in [0.717, 1.165) is 0 Å². The predicted octanol–water partition coefficient (Wildman–Crippen LogP) is 1.72. The molecular formula is C15H19ClFN5O2S. The summed E-state index contributed by atoms with van der Waals surface area (Å²) in [6.07, 6.45) is 1.46. The maximum absolute atomic E-state index is 13.7. The molecular weight excluding hydrogens is 369 g/mol. The minimum atomic E-state index is -3.71. The van der Waals surface area contributed by atoms with E-state index in [9.17, 15) is 12.8 Å². The molecule has 0 spiro atoms. The summed E-state index contributed by atoms with van der Waals surface area (Å²) in [5, 5.41) is 3.61. The summed E-state index contributed by atoms with van der Waals surface area (Å²) in [6.45, 7) is 3.70. The van der Waals surface area contributed by atoms with Gasteiger partial charge in [-0.05, 0) is 19.9 Å². The molecule has 1 aliphatic heterocycles. The van der Waals surface area contributed by atoms with Gasteiger partial charge < -0.3 is 0 Å². The summed E-state index contributed by atoms with van der Waals surface area (Å²) in [6, 6.07) is 5.76. The Labute approximate surface area is 150 Å². The lowest BCUT2D eigenvalue weighted by atomic mass is 10.2. The van der Waals surface area contributed by atoms with Gasteiger partial charge in [-0.1, -0.05) is 29.8 Å². The molecule has 2 atom stereocenters. The standard InChI is InChI=1S/C15H19ClFN5O2S/c1-9-14(10(2)19-18-9)25(23,24)21-15-12(16)8-22(20-15)7-11-5-3-4-6-13(11)17/h3-6,8-10,14,18-19H,7H2,1-2H3,(H,20,21). The summed E-state index contributed by atoms with van der Waals surface area (Å²) in [7, 11) is -3.71. The zero-order valence-electron chi connectivity index (χ0n) is 13.7. The number of nitrogens with zero attached hydrogens (tertiary/aromatic N) is 2. The van der Waals surface area contributed by atoms with Gasteiger partial charge in [0.1, 0.15) is 16.1 Å². The van der Waals surface area contributed by atoms with Gasteiger partial charge in [-0.2, -0.15) is 5.10 Å². The molecule has 2 heterocycles. The number of hydrogen-bond donors (Lipinski definition) is 3. The van der Waals surface area contributed by atoms with Crippen molar-refractivity contribution in [2.45, 2.75) is 37.7 Å². The summed E-state index contributed by atoms with van der Waals surface area (Å²) < 4.78 is 42.9. The van der Waals surface area contributed by atoms with Crippen molar-refractivity contribution in [3.63, 3.8) is 0 Å². The predicted molar refractivity (Wildman–Crippen MR) is 94.3 cm³/mol. The number of halogens is 2. The van der Waals surface area contributed by atoms with Crippen LogP contribution in [0.3, 0.4) is 0 Å². The van der Waals surface area contributed by atoms with E-state index in [0.29, 0.717) is 5.56 Å². The first kappa shape index (κ1) is 18.1. The molecule has 3 N–H and O–H groups in total. The molecule has 2 aromatic rings. The molecule has 10 heteroatoms. The second-order valence-corrected chi connectivity index (χ2v) is 8.34. The molecule has 136 valence electrons. The van der Waals surface area contributed by atoms with Crippen LogP contribution in [0.5, 0.6) is 0 Å². The van der Waals surface area contributed by atoms with Gasteiger partial charge in [0.25, 0.3) is 0 Å². The van der Waals surface area contributed by atoms with E-state index in [2.05, 4.69) is 20.7 Å². The SMILES string of the molecule is CC1NNC(C)C1S(=O)(=O)Nc1nn(Cc2ccccc2F)cc1Cl. The number of hydrazine groups is 1. The first-order valence-corrected chi connectivity index (χ1v) is 9.69. The van der Waals surface area contributed by atoms with Crippen LogP contribution in [-0.2, 0) is 16.6 Å². The summed E-state index contributed by atoms with van der Waals surface area (Å²) >= 11 is 6.10. The first-order chi connectivity index (χ1) is 11.8. The summed E-state index contributed by atoms with van der Waals surface area (Å²) in [4.78, 5) is 0. The van der Waals surface area contributed by atoms with Crippen LogP contribution in [0.4, 0.5) is 10.2 Å². The molecule has 1 aromatic heterocycles. The van der Waals surface area contributed by atoms with E-state index in [-0.39, 0.29) is 35.3 Å². The lowest BCUT2D eigenvalue weighted by Gasteiger charge is -2.18. The molecule has 0 saturated carbocycles. The van der Waals surface area contributed by atoms with Gasteiger partial charge in [0.15, 0.2) is 5.82 Å². The maximum Gasteiger partial charge on any atom is 0.240 e. The molecule has 1 aliphatic rings. The van der Waals surface area contributed by atoms with Gasteiger partial charge in [-0.3, -0.25) is 20.3 Å². The highest BCUT2D eigenvalue weighted by molar-refractivity contribution is 7.93. The third-order valence-corrected chi connectivity index (χ3v) is 6.42. The lowest BCUT2D eigenvalue weighted by Crippen LogP contribution is -2.41. The number of rotatable bonds is 5. The van der Waals surface area contributed by atoms with Crippen molar-refractivity contribution in [2.75, 3.05) is 4.72 Å². The quantitative estimate of drug-likeness (QED) is 0.727. The van der Waals surface area contributed by atoms with E-state index in [1.165, 1.54) is 16.9 Å². The number of aromatic nitrogens is 2. The Bertz CT molecular complexity index is 863. The highest BCUT2D eigenvalue weighted by Gasteiger charge is 2.40. The van der Waals surface area contributed by atoms with Gasteiger partial charge >= 0.3 is 0 Å².